The van der Waals surface area contributed by atoms with Gasteiger partial charge < -0.3 is 11.1 Å². The average Bonchev–Trinajstić information content (AvgIpc) is 2.94. The molecule has 0 aliphatic carbocycles. The van der Waals surface area contributed by atoms with Crippen LogP contribution in [0.4, 0.5) is 0 Å². The molecule has 0 radical (unpaired) electrons. The van der Waals surface area contributed by atoms with E-state index in [2.05, 4.69) is 41.6 Å². The summed E-state index contributed by atoms with van der Waals surface area (Å²) in [6.45, 7) is 5.24. The number of carbonyl (C=O) groups excluding carboxylic acids is 1. The molecule has 1 amide bonds. The maximum Gasteiger partial charge on any atom is 0.241 e. The van der Waals surface area contributed by atoms with Crippen molar-refractivity contribution < 1.29 is 4.79 Å². The van der Waals surface area contributed by atoms with Crippen molar-refractivity contribution >= 4 is 5.91 Å². The van der Waals surface area contributed by atoms with E-state index < -0.39 is 0 Å². The molecule has 1 aromatic carbocycles. The number of amides is 1. The molecule has 0 unspecified atom stereocenters. The summed E-state index contributed by atoms with van der Waals surface area (Å²) in [6.07, 6.45) is 1.68. The number of nitrogens with zero attached hydrogens (tertiary/aromatic N) is 3. The summed E-state index contributed by atoms with van der Waals surface area (Å²) in [6, 6.07) is 10.1. The van der Waals surface area contributed by atoms with Gasteiger partial charge in [-0.15, -0.1) is 5.10 Å². The number of carbonyl (C=O) groups is 1. The Kier molecular flexibility index (Phi) is 4.70. The van der Waals surface area contributed by atoms with Gasteiger partial charge in [-0.25, -0.2) is 4.68 Å². The first-order valence-corrected chi connectivity index (χ1v) is 6.92. The van der Waals surface area contributed by atoms with E-state index in [-0.39, 0.29) is 17.9 Å². The molecule has 1 heterocycles. The summed E-state index contributed by atoms with van der Waals surface area (Å²) in [5.74, 6) is -0.0903. The highest BCUT2D eigenvalue weighted by Crippen LogP contribution is 2.21. The molecule has 6 nitrogen and oxygen atoms in total. The van der Waals surface area contributed by atoms with E-state index in [1.54, 1.807) is 6.20 Å². The predicted octanol–water partition coefficient (Wildman–Crippen LogP) is 0.831. The third-order valence-electron chi connectivity index (χ3n) is 3.38. The molecule has 0 aliphatic rings. The maximum atomic E-state index is 12.0. The summed E-state index contributed by atoms with van der Waals surface area (Å²) in [7, 11) is 0. The Labute approximate surface area is 124 Å². The minimum Gasteiger partial charge on any atom is -0.354 e. The number of rotatable bonds is 6. The van der Waals surface area contributed by atoms with Crippen LogP contribution in [-0.4, -0.2) is 27.4 Å². The van der Waals surface area contributed by atoms with Crippen molar-refractivity contribution in [3.63, 3.8) is 0 Å². The molecule has 2 aromatic rings. The molecule has 0 saturated heterocycles. The van der Waals surface area contributed by atoms with E-state index in [0.29, 0.717) is 18.8 Å². The first-order chi connectivity index (χ1) is 10.0. The molecule has 0 fully saturated rings. The van der Waals surface area contributed by atoms with Crippen LogP contribution in [0.2, 0.25) is 0 Å². The van der Waals surface area contributed by atoms with Crippen molar-refractivity contribution in [2.24, 2.45) is 5.73 Å². The lowest BCUT2D eigenvalue weighted by atomic mass is 9.84. The average molecular weight is 287 g/mol. The van der Waals surface area contributed by atoms with Gasteiger partial charge in [0.25, 0.3) is 0 Å². The van der Waals surface area contributed by atoms with E-state index in [4.69, 9.17) is 5.73 Å². The van der Waals surface area contributed by atoms with Gasteiger partial charge in [0.1, 0.15) is 6.54 Å². The molecule has 0 atom stereocenters. The maximum absolute atomic E-state index is 12.0. The molecular formula is C15H21N5O. The van der Waals surface area contributed by atoms with Gasteiger partial charge in [-0.3, -0.25) is 4.79 Å². The van der Waals surface area contributed by atoms with Gasteiger partial charge in [0, 0.05) is 18.5 Å². The van der Waals surface area contributed by atoms with Crippen molar-refractivity contribution in [1.29, 1.82) is 0 Å². The third kappa shape index (κ3) is 4.13. The number of benzene rings is 1. The van der Waals surface area contributed by atoms with E-state index in [1.165, 1.54) is 10.2 Å². The Hall–Kier alpha value is -2.21. The molecule has 1 aromatic heterocycles. The van der Waals surface area contributed by atoms with Crippen LogP contribution in [0, 0.1) is 0 Å². The van der Waals surface area contributed by atoms with Crippen LogP contribution in [0.25, 0.3) is 0 Å². The number of aromatic nitrogens is 3. The molecule has 2 rings (SSSR count). The molecule has 0 spiro atoms. The van der Waals surface area contributed by atoms with Gasteiger partial charge in [-0.05, 0) is 5.56 Å². The fourth-order valence-corrected chi connectivity index (χ4v) is 2.02. The molecule has 3 N–H and O–H groups in total. The second-order valence-corrected chi connectivity index (χ2v) is 5.64. The minimum absolute atomic E-state index is 0.0903. The van der Waals surface area contributed by atoms with Crippen LogP contribution in [0.15, 0.2) is 36.5 Å². The second kappa shape index (κ2) is 6.49. The largest absolute Gasteiger partial charge is 0.354 e. The Morgan fingerprint density at radius 3 is 2.67 bits per heavy atom. The SMILES string of the molecule is CC(C)(CNC(=O)Cn1cc(CN)nn1)c1ccccc1. The molecule has 21 heavy (non-hydrogen) atoms. The van der Waals surface area contributed by atoms with Crippen molar-refractivity contribution in [1.82, 2.24) is 20.3 Å². The fourth-order valence-electron chi connectivity index (χ4n) is 2.02. The standard InChI is InChI=1S/C15H21N5O/c1-15(2,12-6-4-3-5-7-12)11-17-14(21)10-20-9-13(8-16)18-19-20/h3-7,9H,8,10-11,16H2,1-2H3,(H,17,21). The first-order valence-electron chi connectivity index (χ1n) is 6.92. The number of hydrogen-bond donors (Lipinski definition) is 2. The summed E-state index contributed by atoms with van der Waals surface area (Å²) in [4.78, 5) is 12.0. The zero-order chi connectivity index (χ0) is 15.3. The van der Waals surface area contributed by atoms with Crippen molar-refractivity contribution in [2.75, 3.05) is 6.54 Å². The lowest BCUT2D eigenvalue weighted by molar-refractivity contribution is -0.122. The van der Waals surface area contributed by atoms with E-state index >= 15 is 0 Å². The molecule has 0 aliphatic heterocycles. The quantitative estimate of drug-likeness (QED) is 0.824. The van der Waals surface area contributed by atoms with Gasteiger partial charge in [0.2, 0.25) is 5.91 Å². The Bertz CT molecular complexity index is 591. The van der Waals surface area contributed by atoms with Crippen LogP contribution in [0.3, 0.4) is 0 Å². The summed E-state index contributed by atoms with van der Waals surface area (Å²) in [5, 5.41) is 10.6. The van der Waals surface area contributed by atoms with E-state index in [9.17, 15) is 4.79 Å². The lowest BCUT2D eigenvalue weighted by Gasteiger charge is -2.25. The Morgan fingerprint density at radius 1 is 1.33 bits per heavy atom. The number of hydrogen-bond acceptors (Lipinski definition) is 4. The first kappa shape index (κ1) is 15.2. The van der Waals surface area contributed by atoms with Crippen LogP contribution in [-0.2, 0) is 23.3 Å². The van der Waals surface area contributed by atoms with Crippen molar-refractivity contribution in [3.8, 4) is 0 Å². The minimum atomic E-state index is -0.123. The molecule has 112 valence electrons. The summed E-state index contributed by atoms with van der Waals surface area (Å²) in [5.41, 5.74) is 7.20. The van der Waals surface area contributed by atoms with Gasteiger partial charge in [0.15, 0.2) is 0 Å². The summed E-state index contributed by atoms with van der Waals surface area (Å²) < 4.78 is 1.49. The molecule has 0 saturated carbocycles. The van der Waals surface area contributed by atoms with Crippen molar-refractivity contribution in [3.05, 3.63) is 47.8 Å². The van der Waals surface area contributed by atoms with Gasteiger partial charge in [-0.2, -0.15) is 0 Å². The molecular weight excluding hydrogens is 266 g/mol. The van der Waals surface area contributed by atoms with Crippen molar-refractivity contribution in [2.45, 2.75) is 32.4 Å². The third-order valence-corrected chi connectivity index (χ3v) is 3.38. The second-order valence-electron chi connectivity index (χ2n) is 5.64. The zero-order valence-electron chi connectivity index (χ0n) is 12.4. The zero-order valence-corrected chi connectivity index (χ0v) is 12.4. The summed E-state index contributed by atoms with van der Waals surface area (Å²) >= 11 is 0. The van der Waals surface area contributed by atoms with Crippen LogP contribution >= 0.6 is 0 Å². The van der Waals surface area contributed by atoms with Crippen LogP contribution in [0.1, 0.15) is 25.1 Å². The van der Waals surface area contributed by atoms with Gasteiger partial charge in [0.05, 0.1) is 11.9 Å². The number of nitrogens with one attached hydrogen (secondary N) is 1. The predicted molar refractivity (Wildman–Crippen MR) is 80.4 cm³/mol. The smallest absolute Gasteiger partial charge is 0.241 e. The lowest BCUT2D eigenvalue weighted by Crippen LogP contribution is -2.38. The Morgan fingerprint density at radius 2 is 2.05 bits per heavy atom. The highest BCUT2D eigenvalue weighted by Gasteiger charge is 2.21. The molecule has 6 heteroatoms. The van der Waals surface area contributed by atoms with Gasteiger partial charge >= 0.3 is 0 Å². The fraction of sp³-hybridized carbons (Fsp3) is 0.400. The highest BCUT2D eigenvalue weighted by atomic mass is 16.2. The normalized spacial score (nSPS) is 11.4. The van der Waals surface area contributed by atoms with Crippen LogP contribution < -0.4 is 11.1 Å². The van der Waals surface area contributed by atoms with E-state index in [1.807, 2.05) is 18.2 Å². The van der Waals surface area contributed by atoms with E-state index in [0.717, 1.165) is 0 Å². The van der Waals surface area contributed by atoms with Gasteiger partial charge in [-0.1, -0.05) is 49.4 Å². The number of nitrogens with two attached hydrogens (primary N) is 1. The highest BCUT2D eigenvalue weighted by molar-refractivity contribution is 5.75. The topological polar surface area (TPSA) is 85.8 Å². The molecule has 0 bridgehead atoms. The Balaban J connectivity index is 1.88. The monoisotopic (exact) mass is 287 g/mol. The van der Waals surface area contributed by atoms with Crippen LogP contribution in [0.5, 0.6) is 0 Å².